The first-order valence-corrected chi connectivity index (χ1v) is 9.53. The van der Waals surface area contributed by atoms with Crippen molar-refractivity contribution in [2.24, 2.45) is 0 Å². The van der Waals surface area contributed by atoms with E-state index in [0.29, 0.717) is 11.4 Å². The van der Waals surface area contributed by atoms with Crippen LogP contribution in [0.4, 0.5) is 0 Å². The average molecular weight is 359 g/mol. The SMILES string of the molecule is Cc1ncsc1C(=O)NCc1ccccc1CN1CC(C)OC(C)C1. The summed E-state index contributed by atoms with van der Waals surface area (Å²) >= 11 is 1.38. The molecule has 0 saturated carbocycles. The highest BCUT2D eigenvalue weighted by Gasteiger charge is 2.22. The number of aromatic nitrogens is 1. The van der Waals surface area contributed by atoms with Crippen LogP contribution in [-0.4, -0.2) is 41.1 Å². The molecule has 1 saturated heterocycles. The summed E-state index contributed by atoms with van der Waals surface area (Å²) in [6, 6.07) is 8.31. The third-order valence-electron chi connectivity index (χ3n) is 4.40. The fourth-order valence-electron chi connectivity index (χ4n) is 3.31. The molecule has 2 unspecified atom stereocenters. The molecule has 0 aliphatic carbocycles. The van der Waals surface area contributed by atoms with Crippen LogP contribution in [0.25, 0.3) is 0 Å². The number of amides is 1. The van der Waals surface area contributed by atoms with Gasteiger partial charge in [-0.2, -0.15) is 0 Å². The zero-order chi connectivity index (χ0) is 17.8. The van der Waals surface area contributed by atoms with Crippen molar-refractivity contribution < 1.29 is 9.53 Å². The first kappa shape index (κ1) is 18.0. The van der Waals surface area contributed by atoms with Crippen LogP contribution in [0.1, 0.15) is 40.3 Å². The van der Waals surface area contributed by atoms with Gasteiger partial charge in [-0.05, 0) is 31.9 Å². The Labute approximate surface area is 153 Å². The van der Waals surface area contributed by atoms with E-state index in [9.17, 15) is 4.79 Å². The summed E-state index contributed by atoms with van der Waals surface area (Å²) in [6.45, 7) is 9.38. The normalized spacial score (nSPS) is 21.2. The number of ether oxygens (including phenoxy) is 1. The van der Waals surface area contributed by atoms with Crippen molar-refractivity contribution in [3.63, 3.8) is 0 Å². The lowest BCUT2D eigenvalue weighted by Gasteiger charge is -2.35. The number of rotatable bonds is 5. The van der Waals surface area contributed by atoms with Crippen molar-refractivity contribution in [2.75, 3.05) is 13.1 Å². The van der Waals surface area contributed by atoms with Crippen LogP contribution in [0.3, 0.4) is 0 Å². The van der Waals surface area contributed by atoms with Gasteiger partial charge >= 0.3 is 0 Å². The molecule has 0 bridgehead atoms. The van der Waals surface area contributed by atoms with E-state index in [-0.39, 0.29) is 18.1 Å². The van der Waals surface area contributed by atoms with Gasteiger partial charge in [-0.25, -0.2) is 4.98 Å². The highest BCUT2D eigenvalue weighted by atomic mass is 32.1. The van der Waals surface area contributed by atoms with Gasteiger partial charge in [-0.1, -0.05) is 24.3 Å². The maximum Gasteiger partial charge on any atom is 0.263 e. The molecule has 25 heavy (non-hydrogen) atoms. The van der Waals surface area contributed by atoms with Crippen LogP contribution < -0.4 is 5.32 Å². The zero-order valence-corrected chi connectivity index (χ0v) is 15.8. The van der Waals surface area contributed by atoms with Crippen LogP contribution in [0.15, 0.2) is 29.8 Å². The Hall–Kier alpha value is -1.76. The Balaban J connectivity index is 1.65. The molecule has 1 aromatic carbocycles. The second kappa shape index (κ2) is 8.08. The summed E-state index contributed by atoms with van der Waals surface area (Å²) in [5.41, 5.74) is 4.90. The lowest BCUT2D eigenvalue weighted by atomic mass is 10.1. The van der Waals surface area contributed by atoms with Crippen molar-refractivity contribution in [3.8, 4) is 0 Å². The standard InChI is InChI=1S/C19H25N3O2S/c1-13-9-22(10-14(2)24-13)11-17-7-5-4-6-16(17)8-20-19(23)18-15(3)21-12-25-18/h4-7,12-14H,8-11H2,1-3H3,(H,20,23). The van der Waals surface area contributed by atoms with Gasteiger partial charge < -0.3 is 10.1 Å². The summed E-state index contributed by atoms with van der Waals surface area (Å²) in [6.07, 6.45) is 0.509. The third kappa shape index (κ3) is 4.66. The third-order valence-corrected chi connectivity index (χ3v) is 5.33. The van der Waals surface area contributed by atoms with E-state index in [1.165, 1.54) is 16.9 Å². The van der Waals surface area contributed by atoms with Crippen LogP contribution in [0.5, 0.6) is 0 Å². The van der Waals surface area contributed by atoms with Gasteiger partial charge in [0.15, 0.2) is 0 Å². The molecule has 0 radical (unpaired) electrons. The topological polar surface area (TPSA) is 54.5 Å². The zero-order valence-electron chi connectivity index (χ0n) is 15.0. The van der Waals surface area contributed by atoms with E-state index < -0.39 is 0 Å². The minimum absolute atomic E-state index is 0.0524. The number of hydrogen-bond donors (Lipinski definition) is 1. The highest BCUT2D eigenvalue weighted by Crippen LogP contribution is 2.17. The Kier molecular flexibility index (Phi) is 5.83. The fourth-order valence-corrected chi connectivity index (χ4v) is 4.03. The van der Waals surface area contributed by atoms with Gasteiger partial charge in [0.2, 0.25) is 0 Å². The van der Waals surface area contributed by atoms with Crippen LogP contribution in [0, 0.1) is 6.92 Å². The predicted octanol–water partition coefficient (Wildman–Crippen LogP) is 2.99. The van der Waals surface area contributed by atoms with Crippen molar-refractivity contribution in [3.05, 3.63) is 51.5 Å². The Morgan fingerprint density at radius 2 is 1.96 bits per heavy atom. The Morgan fingerprint density at radius 1 is 1.28 bits per heavy atom. The smallest absolute Gasteiger partial charge is 0.263 e. The molecule has 1 amide bonds. The molecular formula is C19H25N3O2S. The molecular weight excluding hydrogens is 334 g/mol. The lowest BCUT2D eigenvalue weighted by molar-refractivity contribution is -0.0705. The van der Waals surface area contributed by atoms with Gasteiger partial charge in [0.25, 0.3) is 5.91 Å². The first-order valence-electron chi connectivity index (χ1n) is 8.66. The lowest BCUT2D eigenvalue weighted by Crippen LogP contribution is -2.45. The number of aryl methyl sites for hydroxylation is 1. The van der Waals surface area contributed by atoms with Crippen LogP contribution in [-0.2, 0) is 17.8 Å². The number of nitrogens with zero attached hydrogens (tertiary/aromatic N) is 2. The van der Waals surface area contributed by atoms with Crippen molar-refractivity contribution in [2.45, 2.75) is 46.1 Å². The van der Waals surface area contributed by atoms with E-state index in [0.717, 1.165) is 30.9 Å². The summed E-state index contributed by atoms with van der Waals surface area (Å²) < 4.78 is 5.81. The molecule has 134 valence electrons. The minimum atomic E-state index is -0.0524. The number of carbonyl (C=O) groups is 1. The maximum absolute atomic E-state index is 12.3. The van der Waals surface area contributed by atoms with Crippen molar-refractivity contribution in [1.29, 1.82) is 0 Å². The largest absolute Gasteiger partial charge is 0.373 e. The molecule has 1 aliphatic rings. The van der Waals surface area contributed by atoms with Crippen molar-refractivity contribution >= 4 is 17.2 Å². The van der Waals surface area contributed by atoms with E-state index in [1.54, 1.807) is 5.51 Å². The molecule has 1 aromatic heterocycles. The van der Waals surface area contributed by atoms with Gasteiger partial charge in [-0.3, -0.25) is 9.69 Å². The predicted molar refractivity (Wildman–Crippen MR) is 99.7 cm³/mol. The van der Waals surface area contributed by atoms with Gasteiger partial charge in [-0.15, -0.1) is 11.3 Å². The summed E-state index contributed by atoms with van der Waals surface area (Å²) in [5, 5.41) is 3.03. The van der Waals surface area contributed by atoms with Crippen LogP contribution in [0.2, 0.25) is 0 Å². The van der Waals surface area contributed by atoms with E-state index >= 15 is 0 Å². The Bertz CT molecular complexity index is 721. The molecule has 1 fully saturated rings. The molecule has 3 rings (SSSR count). The summed E-state index contributed by atoms with van der Waals surface area (Å²) in [4.78, 5) is 19.6. The number of thiazole rings is 1. The monoisotopic (exact) mass is 359 g/mol. The van der Waals surface area contributed by atoms with Gasteiger partial charge in [0.05, 0.1) is 23.4 Å². The molecule has 2 aromatic rings. The summed E-state index contributed by atoms with van der Waals surface area (Å²) in [7, 11) is 0. The van der Waals surface area contributed by atoms with E-state index in [2.05, 4.69) is 47.2 Å². The van der Waals surface area contributed by atoms with Gasteiger partial charge in [0, 0.05) is 26.2 Å². The average Bonchev–Trinajstić information content (AvgIpc) is 2.99. The number of nitrogens with one attached hydrogen (secondary N) is 1. The molecule has 6 heteroatoms. The van der Waals surface area contributed by atoms with Gasteiger partial charge in [0.1, 0.15) is 4.88 Å². The fraction of sp³-hybridized carbons (Fsp3) is 0.474. The molecule has 2 atom stereocenters. The van der Waals surface area contributed by atoms with Crippen LogP contribution >= 0.6 is 11.3 Å². The second-order valence-corrected chi connectivity index (χ2v) is 7.52. The number of carbonyl (C=O) groups excluding carboxylic acids is 1. The molecule has 1 N–H and O–H groups in total. The quantitative estimate of drug-likeness (QED) is 0.892. The number of benzene rings is 1. The molecule has 0 spiro atoms. The molecule has 1 aliphatic heterocycles. The molecule has 5 nitrogen and oxygen atoms in total. The Morgan fingerprint density at radius 3 is 2.60 bits per heavy atom. The summed E-state index contributed by atoms with van der Waals surface area (Å²) in [5.74, 6) is -0.0524. The number of hydrogen-bond acceptors (Lipinski definition) is 5. The van der Waals surface area contributed by atoms with Crippen molar-refractivity contribution in [1.82, 2.24) is 15.2 Å². The van der Waals surface area contributed by atoms with E-state index in [4.69, 9.17) is 4.74 Å². The minimum Gasteiger partial charge on any atom is -0.373 e. The maximum atomic E-state index is 12.3. The van der Waals surface area contributed by atoms with E-state index in [1.807, 2.05) is 13.0 Å². The first-order chi connectivity index (χ1) is 12.0. The number of morpholine rings is 1. The highest BCUT2D eigenvalue weighted by molar-refractivity contribution is 7.11. The second-order valence-electron chi connectivity index (χ2n) is 6.67. The molecule has 2 heterocycles.